The van der Waals surface area contributed by atoms with Crippen LogP contribution in [-0.4, -0.2) is 56.4 Å². The first kappa shape index (κ1) is 38.3. The number of aromatic nitrogens is 2. The summed E-state index contributed by atoms with van der Waals surface area (Å²) in [6.07, 6.45) is -0.622. The van der Waals surface area contributed by atoms with Gasteiger partial charge in [-0.05, 0) is 73.9 Å². The summed E-state index contributed by atoms with van der Waals surface area (Å²) < 4.78 is 53.1. The largest absolute Gasteiger partial charge is 0.465 e. The third-order valence-corrected chi connectivity index (χ3v) is 10.9. The summed E-state index contributed by atoms with van der Waals surface area (Å²) >= 11 is 0. The first-order valence-corrected chi connectivity index (χ1v) is 18.0. The first-order chi connectivity index (χ1) is 26.6. The molecule has 0 saturated heterocycles. The maximum Gasteiger partial charge on any atom is 0.405 e. The molecule has 4 aromatic rings. The second-order valence-corrected chi connectivity index (χ2v) is 14.1. The highest BCUT2D eigenvalue weighted by molar-refractivity contribution is 5.96. The molecular formula is C38H38F3N7O8. The van der Waals surface area contributed by atoms with Crippen LogP contribution in [0.2, 0.25) is 0 Å². The van der Waals surface area contributed by atoms with Crippen molar-refractivity contribution in [3.05, 3.63) is 91.0 Å². The van der Waals surface area contributed by atoms with Gasteiger partial charge in [0.05, 0.1) is 29.0 Å². The number of nitrogens with two attached hydrogens (primary N) is 1. The molecule has 4 heterocycles. The first-order valence-electron chi connectivity index (χ1n) is 18.0. The Balaban J connectivity index is 1.19. The molecule has 294 valence electrons. The normalized spacial score (nSPS) is 18.4. The number of nitrogens with one attached hydrogen (secondary N) is 4. The minimum atomic E-state index is -2.05. The fourth-order valence-corrected chi connectivity index (χ4v) is 7.99. The van der Waals surface area contributed by atoms with Crippen molar-refractivity contribution in [1.29, 1.82) is 0 Å². The van der Waals surface area contributed by atoms with E-state index >= 15 is 13.2 Å². The lowest BCUT2D eigenvalue weighted by atomic mass is 9.81. The summed E-state index contributed by atoms with van der Waals surface area (Å²) in [5, 5.41) is 31.1. The molecule has 0 unspecified atom stereocenters. The molecule has 18 heteroatoms. The molecule has 1 aliphatic carbocycles. The quantitative estimate of drug-likeness (QED) is 0.0762. The third kappa shape index (κ3) is 6.57. The number of aliphatic hydroxyl groups is 1. The highest BCUT2D eigenvalue weighted by Gasteiger charge is 2.46. The van der Waals surface area contributed by atoms with E-state index in [9.17, 15) is 34.2 Å². The molecule has 0 radical (unpaired) electrons. The molecule has 7 rings (SSSR count). The number of urea groups is 1. The topological polar surface area (TPSA) is 227 Å². The average Bonchev–Trinajstić information content (AvgIpc) is 3.51. The Morgan fingerprint density at radius 2 is 1.82 bits per heavy atom. The predicted molar refractivity (Wildman–Crippen MR) is 194 cm³/mol. The van der Waals surface area contributed by atoms with Crippen LogP contribution in [0.4, 0.5) is 28.4 Å². The summed E-state index contributed by atoms with van der Waals surface area (Å²) in [6, 6.07) is 2.03. The minimum absolute atomic E-state index is 0.0503. The van der Waals surface area contributed by atoms with Crippen molar-refractivity contribution < 1.29 is 47.3 Å². The van der Waals surface area contributed by atoms with Gasteiger partial charge in [-0.3, -0.25) is 9.59 Å². The van der Waals surface area contributed by atoms with Crippen LogP contribution >= 0.6 is 0 Å². The van der Waals surface area contributed by atoms with Gasteiger partial charge in [0.15, 0.2) is 5.60 Å². The number of halogens is 3. The number of carbonyl (C=O) groups excluding carboxylic acids is 3. The number of benzene rings is 2. The molecule has 0 bridgehead atoms. The molecule has 3 atom stereocenters. The zero-order chi connectivity index (χ0) is 40.2. The van der Waals surface area contributed by atoms with Gasteiger partial charge in [-0.15, -0.1) is 0 Å². The van der Waals surface area contributed by atoms with Gasteiger partial charge in [-0.2, -0.15) is 0 Å². The number of primary amides is 1. The van der Waals surface area contributed by atoms with Gasteiger partial charge in [0.25, 0.3) is 5.56 Å². The lowest BCUT2D eigenvalue weighted by Gasteiger charge is -2.31. The highest BCUT2D eigenvalue weighted by atomic mass is 19.1. The van der Waals surface area contributed by atoms with E-state index in [1.54, 1.807) is 19.9 Å². The zero-order valence-corrected chi connectivity index (χ0v) is 30.3. The van der Waals surface area contributed by atoms with E-state index in [0.29, 0.717) is 51.8 Å². The number of rotatable bonds is 11. The van der Waals surface area contributed by atoms with Crippen molar-refractivity contribution in [2.45, 2.75) is 83.3 Å². The van der Waals surface area contributed by atoms with E-state index in [0.717, 1.165) is 17.7 Å². The number of esters is 1. The van der Waals surface area contributed by atoms with Crippen LogP contribution in [0.1, 0.15) is 77.6 Å². The monoisotopic (exact) mass is 777 g/mol. The number of carbonyl (C=O) groups is 4. The van der Waals surface area contributed by atoms with Gasteiger partial charge >= 0.3 is 18.1 Å². The second-order valence-electron chi connectivity index (χ2n) is 14.1. The second kappa shape index (κ2) is 14.6. The summed E-state index contributed by atoms with van der Waals surface area (Å²) in [5.41, 5.74) is 5.60. The van der Waals surface area contributed by atoms with E-state index in [1.807, 2.05) is 5.32 Å². The van der Waals surface area contributed by atoms with Crippen LogP contribution in [0, 0.1) is 24.4 Å². The zero-order valence-electron chi connectivity index (χ0n) is 30.3. The number of hydrogen-bond acceptors (Lipinski definition) is 9. The van der Waals surface area contributed by atoms with E-state index in [4.69, 9.17) is 15.5 Å². The summed E-state index contributed by atoms with van der Waals surface area (Å²) in [6.45, 7) is 2.74. The van der Waals surface area contributed by atoms with Crippen molar-refractivity contribution >= 4 is 40.6 Å². The summed E-state index contributed by atoms with van der Waals surface area (Å²) in [7, 11) is 0. The molecule has 2 aromatic heterocycles. The molecule has 56 heavy (non-hydrogen) atoms. The van der Waals surface area contributed by atoms with E-state index in [2.05, 4.69) is 16.0 Å². The lowest BCUT2D eigenvalue weighted by molar-refractivity contribution is -0.172. The van der Waals surface area contributed by atoms with Crippen LogP contribution in [0.25, 0.3) is 22.3 Å². The average molecular weight is 778 g/mol. The van der Waals surface area contributed by atoms with Gasteiger partial charge in [-0.1, -0.05) is 6.92 Å². The maximum atomic E-state index is 15.6. The summed E-state index contributed by atoms with van der Waals surface area (Å²) in [4.78, 5) is 66.5. The van der Waals surface area contributed by atoms with E-state index < -0.39 is 64.7 Å². The molecule has 4 amide bonds. The Labute approximate surface area is 316 Å². The fraction of sp³-hybridized carbons (Fsp3) is 0.368. The van der Waals surface area contributed by atoms with Crippen LogP contribution in [0.15, 0.2) is 29.1 Å². The van der Waals surface area contributed by atoms with E-state index in [1.165, 1.54) is 10.6 Å². The Morgan fingerprint density at radius 1 is 1.09 bits per heavy atom. The predicted octanol–water partition coefficient (Wildman–Crippen LogP) is 3.61. The number of pyridine rings is 2. The van der Waals surface area contributed by atoms with Crippen molar-refractivity contribution in [2.75, 3.05) is 11.9 Å². The molecule has 0 fully saturated rings. The number of aryl methyl sites for hydroxylation is 1. The van der Waals surface area contributed by atoms with Gasteiger partial charge in [0.1, 0.15) is 30.1 Å². The van der Waals surface area contributed by atoms with Gasteiger partial charge in [-0.25, -0.2) is 32.5 Å². The number of fused-ring (bicyclic) bond motifs is 5. The van der Waals surface area contributed by atoms with Crippen molar-refractivity contribution in [3.63, 3.8) is 0 Å². The molecule has 8 N–H and O–H groups in total. The Hall–Kier alpha value is -6.01. The smallest absolute Gasteiger partial charge is 0.405 e. The number of nitrogens with zero attached hydrogens (tertiary/aromatic N) is 2. The molecular weight excluding hydrogens is 739 g/mol. The lowest BCUT2D eigenvalue weighted by Crippen LogP contribution is -2.44. The van der Waals surface area contributed by atoms with Crippen molar-refractivity contribution in [3.8, 4) is 11.4 Å². The molecule has 0 saturated carbocycles. The minimum Gasteiger partial charge on any atom is -0.465 e. The molecule has 3 aliphatic rings. The summed E-state index contributed by atoms with van der Waals surface area (Å²) in [5.74, 6) is -4.21. The van der Waals surface area contributed by atoms with E-state index in [-0.39, 0.29) is 67.9 Å². The van der Waals surface area contributed by atoms with Crippen LogP contribution in [0.5, 0.6) is 0 Å². The molecule has 15 nitrogen and oxygen atoms in total. The Morgan fingerprint density at radius 3 is 2.50 bits per heavy atom. The van der Waals surface area contributed by atoms with Crippen molar-refractivity contribution in [2.24, 2.45) is 5.73 Å². The third-order valence-electron chi connectivity index (χ3n) is 10.9. The van der Waals surface area contributed by atoms with Crippen LogP contribution in [-0.2, 0) is 46.0 Å². The van der Waals surface area contributed by atoms with Gasteiger partial charge < -0.3 is 46.5 Å². The van der Waals surface area contributed by atoms with Crippen LogP contribution < -0.4 is 32.6 Å². The molecule has 0 spiro atoms. The number of ether oxygens (including phenoxy) is 1. The number of hydrogen-bond donors (Lipinski definition) is 7. The SMILES string of the molecule is CC[C@@]1(O)C(=O)OCc2c1cc1n(c2=O)Cc2c-1nc1cc(F)c(C)c3c1c2[C@@H](NCc1c(F)cc(NC(=O)[C@H](CCCNC(N)=O)NC(=O)O)cc1F)CC3. The standard InChI is InChI=1S/C38H38F3N7O8/c1-3-38(55)22-11-29-32-20(14-48(29)34(50)21(22)15-56-35(38)51)31-26(7-6-18-16(2)23(39)12-28(46-32)30(18)31)44-13-19-24(40)9-17(10-25(19)41)45-33(49)27(47-37(53)54)5-4-8-43-36(42)52/h9-12,26-27,44,47,55H,3-8,13-15H2,1-2H3,(H,45,49)(H,53,54)(H3,42,43,52)/t26-,27-,38-/m0/s1. The van der Waals surface area contributed by atoms with Gasteiger partial charge in [0.2, 0.25) is 5.91 Å². The van der Waals surface area contributed by atoms with Crippen molar-refractivity contribution in [1.82, 2.24) is 25.5 Å². The number of cyclic esters (lactones) is 1. The number of anilines is 1. The fourth-order valence-electron chi connectivity index (χ4n) is 7.99. The Bertz CT molecular complexity index is 2400. The number of amides is 4. The van der Waals surface area contributed by atoms with Gasteiger partial charge in [0, 0.05) is 53.0 Å². The molecule has 2 aromatic carbocycles. The Kier molecular flexibility index (Phi) is 9.96. The highest BCUT2D eigenvalue weighted by Crippen LogP contribution is 2.46. The maximum absolute atomic E-state index is 15.6. The van der Waals surface area contributed by atoms with Crippen LogP contribution in [0.3, 0.4) is 0 Å². The number of carboxylic acid groups (broad SMARTS) is 1. The molecule has 2 aliphatic heterocycles.